The van der Waals surface area contributed by atoms with Gasteiger partial charge >= 0.3 is 12.0 Å². The summed E-state index contributed by atoms with van der Waals surface area (Å²) in [7, 11) is 0. The van der Waals surface area contributed by atoms with Crippen molar-refractivity contribution in [1.29, 1.82) is 0 Å². The van der Waals surface area contributed by atoms with Crippen LogP contribution in [-0.2, 0) is 13.1 Å². The van der Waals surface area contributed by atoms with E-state index in [0.29, 0.717) is 13.1 Å². The number of aromatic carboxylic acids is 1. The molecule has 0 aliphatic carbocycles. The lowest BCUT2D eigenvalue weighted by molar-refractivity contribution is 0.0696. The smallest absolute Gasteiger partial charge is 0.335 e. The predicted octanol–water partition coefficient (Wildman–Crippen LogP) is 1.43. The summed E-state index contributed by atoms with van der Waals surface area (Å²) in [6.45, 7) is 2.60. The van der Waals surface area contributed by atoms with E-state index < -0.39 is 5.97 Å². The zero-order valence-electron chi connectivity index (χ0n) is 10.5. The highest BCUT2D eigenvalue weighted by molar-refractivity contribution is 5.88. The first-order valence-corrected chi connectivity index (χ1v) is 5.88. The summed E-state index contributed by atoms with van der Waals surface area (Å²) >= 11 is 0. The molecule has 0 saturated carbocycles. The van der Waals surface area contributed by atoms with Crippen LogP contribution < -0.4 is 5.32 Å². The van der Waals surface area contributed by atoms with Crippen molar-refractivity contribution >= 4 is 12.0 Å². The van der Waals surface area contributed by atoms with E-state index in [2.05, 4.69) is 11.2 Å². The average Bonchev–Trinajstić information content (AvgIpc) is 2.81. The number of hydrogen-bond acceptors (Lipinski definition) is 2. The number of fused-ring (bicyclic) bond motifs is 1. The summed E-state index contributed by atoms with van der Waals surface area (Å²) in [5.74, 6) is 1.46. The molecule has 0 spiro atoms. The molecule has 1 atom stereocenters. The number of hydrogen-bond donors (Lipinski definition) is 2. The lowest BCUT2D eigenvalue weighted by Crippen LogP contribution is -2.40. The van der Waals surface area contributed by atoms with Crippen LogP contribution in [-0.4, -0.2) is 28.0 Å². The van der Waals surface area contributed by atoms with Crippen LogP contribution in [0.2, 0.25) is 0 Å². The van der Waals surface area contributed by atoms with Gasteiger partial charge in [0.2, 0.25) is 0 Å². The number of carboxylic acid groups (broad SMARTS) is 1. The maximum atomic E-state index is 11.9. The van der Waals surface area contributed by atoms with E-state index in [0.717, 1.165) is 11.1 Å². The molecule has 1 aromatic carbocycles. The van der Waals surface area contributed by atoms with Crippen LogP contribution in [0.15, 0.2) is 18.2 Å². The van der Waals surface area contributed by atoms with Crippen LogP contribution >= 0.6 is 0 Å². The molecule has 1 aliphatic heterocycles. The number of benzene rings is 1. The van der Waals surface area contributed by atoms with Gasteiger partial charge < -0.3 is 15.3 Å². The van der Waals surface area contributed by atoms with Crippen LogP contribution in [0.3, 0.4) is 0 Å². The quantitative estimate of drug-likeness (QED) is 0.788. The van der Waals surface area contributed by atoms with Crippen LogP contribution in [0.25, 0.3) is 0 Å². The van der Waals surface area contributed by atoms with E-state index in [4.69, 9.17) is 11.5 Å². The second-order valence-electron chi connectivity index (χ2n) is 4.48. The van der Waals surface area contributed by atoms with Crippen LogP contribution in [0.1, 0.15) is 28.4 Å². The highest BCUT2D eigenvalue weighted by atomic mass is 16.4. The first-order valence-electron chi connectivity index (χ1n) is 5.88. The van der Waals surface area contributed by atoms with Crippen LogP contribution in [0.5, 0.6) is 0 Å². The van der Waals surface area contributed by atoms with E-state index in [1.54, 1.807) is 30.0 Å². The Balaban J connectivity index is 2.10. The maximum Gasteiger partial charge on any atom is 0.335 e. The van der Waals surface area contributed by atoms with Gasteiger partial charge in [0, 0.05) is 13.1 Å². The molecule has 19 heavy (non-hydrogen) atoms. The van der Waals surface area contributed by atoms with E-state index in [9.17, 15) is 9.59 Å². The zero-order chi connectivity index (χ0) is 14.0. The lowest BCUT2D eigenvalue weighted by Gasteiger charge is -2.17. The molecule has 98 valence electrons. The molecular weight excluding hydrogens is 244 g/mol. The molecule has 0 aromatic heterocycles. The van der Waals surface area contributed by atoms with Gasteiger partial charge in [0.15, 0.2) is 0 Å². The van der Waals surface area contributed by atoms with Crippen molar-refractivity contribution in [3.8, 4) is 12.3 Å². The van der Waals surface area contributed by atoms with Gasteiger partial charge in [-0.05, 0) is 30.2 Å². The number of rotatable bonds is 2. The fraction of sp³-hybridized carbons (Fsp3) is 0.286. The zero-order valence-corrected chi connectivity index (χ0v) is 10.5. The minimum Gasteiger partial charge on any atom is -0.478 e. The van der Waals surface area contributed by atoms with Crippen molar-refractivity contribution in [2.24, 2.45) is 0 Å². The highest BCUT2D eigenvalue weighted by Crippen LogP contribution is 2.23. The largest absolute Gasteiger partial charge is 0.478 e. The second kappa shape index (κ2) is 5.02. The molecule has 0 bridgehead atoms. The number of carbonyl (C=O) groups excluding carboxylic acids is 1. The number of terminal acetylenes is 1. The standard InChI is InChI=1S/C14H14N2O3/c1-3-9(2)15-14(19)16-7-11-5-4-10(13(17)18)6-12(11)8-16/h1,4-6,9H,7-8H2,2H3,(H,15,19)(H,17,18). The molecule has 1 aromatic rings. The van der Waals surface area contributed by atoms with E-state index in [1.165, 1.54) is 0 Å². The molecule has 1 aliphatic rings. The second-order valence-corrected chi connectivity index (χ2v) is 4.48. The number of nitrogens with zero attached hydrogens (tertiary/aromatic N) is 1. The third-order valence-corrected chi connectivity index (χ3v) is 3.05. The highest BCUT2D eigenvalue weighted by Gasteiger charge is 2.24. The number of urea groups is 1. The number of carboxylic acids is 1. The van der Waals surface area contributed by atoms with E-state index >= 15 is 0 Å². The Morgan fingerprint density at radius 3 is 2.74 bits per heavy atom. The Hall–Kier alpha value is -2.48. The molecule has 2 N–H and O–H groups in total. The van der Waals surface area contributed by atoms with Gasteiger partial charge in [0.05, 0.1) is 11.6 Å². The minimum atomic E-state index is -0.966. The Morgan fingerprint density at radius 2 is 2.11 bits per heavy atom. The number of nitrogens with one attached hydrogen (secondary N) is 1. The Kier molecular flexibility index (Phi) is 3.43. The molecule has 5 heteroatoms. The Morgan fingerprint density at radius 1 is 1.42 bits per heavy atom. The van der Waals surface area contributed by atoms with Gasteiger partial charge in [-0.3, -0.25) is 0 Å². The van der Waals surface area contributed by atoms with Crippen molar-refractivity contribution in [2.75, 3.05) is 0 Å². The van der Waals surface area contributed by atoms with Crippen molar-refractivity contribution in [2.45, 2.75) is 26.1 Å². The van der Waals surface area contributed by atoms with Gasteiger partial charge in [-0.2, -0.15) is 0 Å². The van der Waals surface area contributed by atoms with Gasteiger partial charge in [-0.15, -0.1) is 6.42 Å². The topological polar surface area (TPSA) is 69.6 Å². The van der Waals surface area contributed by atoms with Crippen LogP contribution in [0.4, 0.5) is 4.79 Å². The molecule has 0 radical (unpaired) electrons. The van der Waals surface area contributed by atoms with Crippen molar-refractivity contribution < 1.29 is 14.7 Å². The van der Waals surface area contributed by atoms with E-state index in [-0.39, 0.29) is 17.6 Å². The summed E-state index contributed by atoms with van der Waals surface area (Å²) < 4.78 is 0. The summed E-state index contributed by atoms with van der Waals surface area (Å²) in [6.07, 6.45) is 5.21. The summed E-state index contributed by atoms with van der Waals surface area (Å²) in [6, 6.07) is 4.34. The van der Waals surface area contributed by atoms with Gasteiger partial charge in [-0.25, -0.2) is 9.59 Å². The molecule has 1 unspecified atom stereocenters. The lowest BCUT2D eigenvalue weighted by atomic mass is 10.1. The van der Waals surface area contributed by atoms with E-state index in [1.807, 2.05) is 0 Å². The molecule has 2 amide bonds. The van der Waals surface area contributed by atoms with Crippen molar-refractivity contribution in [3.63, 3.8) is 0 Å². The van der Waals surface area contributed by atoms with Gasteiger partial charge in [0.25, 0.3) is 0 Å². The molecule has 5 nitrogen and oxygen atoms in total. The first-order chi connectivity index (χ1) is 9.01. The maximum absolute atomic E-state index is 11.9. The normalized spacial score (nSPS) is 14.4. The molecule has 1 heterocycles. The Bertz CT molecular complexity index is 575. The monoisotopic (exact) mass is 258 g/mol. The average molecular weight is 258 g/mol. The number of amides is 2. The summed E-state index contributed by atoms with van der Waals surface area (Å²) in [5, 5.41) is 11.6. The Labute approximate surface area is 111 Å². The molecule has 2 rings (SSSR count). The number of carbonyl (C=O) groups is 2. The third kappa shape index (κ3) is 2.68. The van der Waals surface area contributed by atoms with Gasteiger partial charge in [0.1, 0.15) is 0 Å². The first kappa shape index (κ1) is 13.0. The SMILES string of the molecule is C#CC(C)NC(=O)N1Cc2ccc(C(=O)O)cc2C1. The molecule has 0 saturated heterocycles. The predicted molar refractivity (Wildman–Crippen MR) is 69.5 cm³/mol. The summed E-state index contributed by atoms with van der Waals surface area (Å²) in [4.78, 5) is 24.4. The van der Waals surface area contributed by atoms with Gasteiger partial charge in [-0.1, -0.05) is 12.0 Å². The molecular formula is C14H14N2O3. The minimum absolute atomic E-state index is 0.234. The fourth-order valence-corrected chi connectivity index (χ4v) is 1.99. The summed E-state index contributed by atoms with van der Waals surface area (Å²) in [5.41, 5.74) is 2.06. The van der Waals surface area contributed by atoms with Crippen molar-refractivity contribution in [3.05, 3.63) is 34.9 Å². The van der Waals surface area contributed by atoms with Crippen molar-refractivity contribution in [1.82, 2.24) is 10.2 Å². The molecule has 0 fully saturated rings. The third-order valence-electron chi connectivity index (χ3n) is 3.05. The fourth-order valence-electron chi connectivity index (χ4n) is 1.99. The van der Waals surface area contributed by atoms with Crippen LogP contribution in [0, 0.1) is 12.3 Å².